The van der Waals surface area contributed by atoms with Gasteiger partial charge in [0, 0.05) is 6.08 Å². The standard InChI is InChI=1S/C12H11NO3/c14-11(13-8-9-16-12(13)15)7-6-10-4-2-1-3-5-10/h1-7H,8-9H2/b7-6+. The number of amides is 2. The van der Waals surface area contributed by atoms with Crippen LogP contribution in [0.1, 0.15) is 5.56 Å². The minimum atomic E-state index is -0.567. The van der Waals surface area contributed by atoms with Gasteiger partial charge >= 0.3 is 6.09 Å². The van der Waals surface area contributed by atoms with Gasteiger partial charge in [-0.1, -0.05) is 30.3 Å². The van der Waals surface area contributed by atoms with Crippen LogP contribution in [0.4, 0.5) is 4.79 Å². The largest absolute Gasteiger partial charge is 0.447 e. The van der Waals surface area contributed by atoms with E-state index in [1.54, 1.807) is 6.08 Å². The summed E-state index contributed by atoms with van der Waals surface area (Å²) in [6.07, 6.45) is 2.48. The first-order chi connectivity index (χ1) is 7.77. The van der Waals surface area contributed by atoms with Crippen LogP contribution in [0.25, 0.3) is 6.08 Å². The van der Waals surface area contributed by atoms with Gasteiger partial charge in [0.25, 0.3) is 5.91 Å². The van der Waals surface area contributed by atoms with E-state index in [9.17, 15) is 9.59 Å². The Balaban J connectivity index is 2.02. The number of cyclic esters (lactones) is 1. The molecule has 0 unspecified atom stereocenters. The summed E-state index contributed by atoms with van der Waals surface area (Å²) in [6.45, 7) is 0.612. The number of imide groups is 1. The highest BCUT2D eigenvalue weighted by atomic mass is 16.6. The van der Waals surface area contributed by atoms with Crippen LogP contribution in [0.2, 0.25) is 0 Å². The minimum Gasteiger partial charge on any atom is -0.447 e. The van der Waals surface area contributed by atoms with Gasteiger partial charge in [-0.15, -0.1) is 0 Å². The highest BCUT2D eigenvalue weighted by Crippen LogP contribution is 2.06. The molecule has 2 rings (SSSR count). The SMILES string of the molecule is O=C(/C=C/c1ccccc1)N1CCOC1=O. The van der Waals surface area contributed by atoms with Gasteiger partial charge in [0.1, 0.15) is 6.61 Å². The Hall–Kier alpha value is -2.10. The quantitative estimate of drug-likeness (QED) is 0.708. The summed E-state index contributed by atoms with van der Waals surface area (Å²) in [5, 5.41) is 0. The van der Waals surface area contributed by atoms with Gasteiger partial charge in [0.15, 0.2) is 0 Å². The molecule has 1 heterocycles. The Morgan fingerprint density at radius 3 is 2.69 bits per heavy atom. The highest BCUT2D eigenvalue weighted by molar-refractivity contribution is 6.01. The van der Waals surface area contributed by atoms with Crippen LogP contribution in [0.5, 0.6) is 0 Å². The smallest absolute Gasteiger partial charge is 0.416 e. The molecule has 1 aliphatic rings. The van der Waals surface area contributed by atoms with E-state index in [1.807, 2.05) is 30.3 Å². The van der Waals surface area contributed by atoms with Crippen molar-refractivity contribution in [3.05, 3.63) is 42.0 Å². The average Bonchev–Trinajstić information content (AvgIpc) is 2.74. The van der Waals surface area contributed by atoms with Crippen LogP contribution in [0, 0.1) is 0 Å². The molecule has 4 nitrogen and oxygen atoms in total. The van der Waals surface area contributed by atoms with Gasteiger partial charge < -0.3 is 4.74 Å². The van der Waals surface area contributed by atoms with Crippen molar-refractivity contribution in [3.8, 4) is 0 Å². The van der Waals surface area contributed by atoms with Crippen molar-refractivity contribution >= 4 is 18.1 Å². The Labute approximate surface area is 93.1 Å². The highest BCUT2D eigenvalue weighted by Gasteiger charge is 2.26. The fraction of sp³-hybridized carbons (Fsp3) is 0.167. The average molecular weight is 217 g/mol. The van der Waals surface area contributed by atoms with Crippen LogP contribution in [0.15, 0.2) is 36.4 Å². The first-order valence-corrected chi connectivity index (χ1v) is 4.99. The number of hydrogen-bond donors (Lipinski definition) is 0. The zero-order valence-corrected chi connectivity index (χ0v) is 8.63. The van der Waals surface area contributed by atoms with E-state index in [2.05, 4.69) is 4.74 Å². The lowest BCUT2D eigenvalue weighted by atomic mass is 10.2. The van der Waals surface area contributed by atoms with E-state index in [0.717, 1.165) is 10.5 Å². The van der Waals surface area contributed by atoms with E-state index in [0.29, 0.717) is 6.54 Å². The molecule has 1 aromatic rings. The van der Waals surface area contributed by atoms with E-state index in [1.165, 1.54) is 6.08 Å². The summed E-state index contributed by atoms with van der Waals surface area (Å²) >= 11 is 0. The lowest BCUT2D eigenvalue weighted by Gasteiger charge is -2.06. The number of carbonyl (C=O) groups excluding carboxylic acids is 2. The molecule has 0 aromatic heterocycles. The summed E-state index contributed by atoms with van der Waals surface area (Å²) in [5.74, 6) is -0.341. The predicted molar refractivity (Wildman–Crippen MR) is 58.5 cm³/mol. The lowest BCUT2D eigenvalue weighted by Crippen LogP contribution is -2.29. The summed E-state index contributed by atoms with van der Waals surface area (Å²) in [5.41, 5.74) is 0.920. The first-order valence-electron chi connectivity index (χ1n) is 4.99. The van der Waals surface area contributed by atoms with Crippen molar-refractivity contribution in [2.24, 2.45) is 0 Å². The van der Waals surface area contributed by atoms with Crippen molar-refractivity contribution in [3.63, 3.8) is 0 Å². The summed E-state index contributed by atoms with van der Waals surface area (Å²) < 4.78 is 4.67. The molecule has 1 saturated heterocycles. The van der Waals surface area contributed by atoms with E-state index in [4.69, 9.17) is 0 Å². The second kappa shape index (κ2) is 4.61. The van der Waals surface area contributed by atoms with Gasteiger partial charge in [-0.05, 0) is 11.6 Å². The molecule has 4 heteroatoms. The number of ether oxygens (including phenoxy) is 1. The molecule has 82 valence electrons. The number of benzene rings is 1. The second-order valence-corrected chi connectivity index (χ2v) is 3.35. The zero-order valence-electron chi connectivity index (χ0n) is 8.63. The normalized spacial score (nSPS) is 15.5. The zero-order chi connectivity index (χ0) is 11.4. The van der Waals surface area contributed by atoms with Gasteiger partial charge in [-0.3, -0.25) is 4.79 Å². The molecule has 0 radical (unpaired) electrons. The van der Waals surface area contributed by atoms with Crippen molar-refractivity contribution in [1.82, 2.24) is 4.90 Å². The number of nitrogens with zero attached hydrogens (tertiary/aromatic N) is 1. The van der Waals surface area contributed by atoms with Crippen LogP contribution >= 0.6 is 0 Å². The molecule has 0 N–H and O–H groups in total. The topological polar surface area (TPSA) is 46.6 Å². The molecule has 1 aliphatic heterocycles. The van der Waals surface area contributed by atoms with Crippen molar-refractivity contribution < 1.29 is 14.3 Å². The van der Waals surface area contributed by atoms with Gasteiger partial charge in [-0.25, -0.2) is 9.69 Å². The molecule has 0 aliphatic carbocycles. The van der Waals surface area contributed by atoms with Gasteiger partial charge in [0.05, 0.1) is 6.54 Å². The van der Waals surface area contributed by atoms with Crippen LogP contribution in [-0.4, -0.2) is 30.1 Å². The molecule has 0 atom stereocenters. The fourth-order valence-corrected chi connectivity index (χ4v) is 1.42. The Morgan fingerprint density at radius 2 is 2.06 bits per heavy atom. The maximum Gasteiger partial charge on any atom is 0.416 e. The van der Waals surface area contributed by atoms with Crippen molar-refractivity contribution in [2.75, 3.05) is 13.2 Å². The van der Waals surface area contributed by atoms with Crippen molar-refractivity contribution in [2.45, 2.75) is 0 Å². The third-order valence-corrected chi connectivity index (χ3v) is 2.24. The molecule has 0 saturated carbocycles. The van der Waals surface area contributed by atoms with Crippen LogP contribution in [0.3, 0.4) is 0 Å². The fourth-order valence-electron chi connectivity index (χ4n) is 1.42. The van der Waals surface area contributed by atoms with E-state index >= 15 is 0 Å². The van der Waals surface area contributed by atoms with Gasteiger partial charge in [-0.2, -0.15) is 0 Å². The maximum atomic E-state index is 11.6. The molecule has 0 spiro atoms. The van der Waals surface area contributed by atoms with Crippen LogP contribution < -0.4 is 0 Å². The number of hydrogen-bond acceptors (Lipinski definition) is 3. The molecular weight excluding hydrogens is 206 g/mol. The summed E-state index contributed by atoms with van der Waals surface area (Å²) in [6, 6.07) is 9.43. The molecule has 16 heavy (non-hydrogen) atoms. The number of rotatable bonds is 2. The predicted octanol–water partition coefficient (Wildman–Crippen LogP) is 1.68. The molecular formula is C12H11NO3. The second-order valence-electron chi connectivity index (χ2n) is 3.35. The van der Waals surface area contributed by atoms with Crippen LogP contribution in [-0.2, 0) is 9.53 Å². The Kier molecular flexibility index (Phi) is 3.00. The number of carbonyl (C=O) groups is 2. The van der Waals surface area contributed by atoms with Crippen molar-refractivity contribution in [1.29, 1.82) is 0 Å². The third kappa shape index (κ3) is 2.28. The minimum absolute atomic E-state index is 0.281. The molecule has 1 aromatic carbocycles. The molecule has 2 amide bonds. The van der Waals surface area contributed by atoms with E-state index in [-0.39, 0.29) is 12.5 Å². The lowest BCUT2D eigenvalue weighted by molar-refractivity contribution is -0.122. The first kappa shape index (κ1) is 10.4. The maximum absolute atomic E-state index is 11.6. The summed E-state index contributed by atoms with van der Waals surface area (Å²) in [4.78, 5) is 23.7. The van der Waals surface area contributed by atoms with Gasteiger partial charge in [0.2, 0.25) is 0 Å². The molecule has 1 fully saturated rings. The Morgan fingerprint density at radius 1 is 1.31 bits per heavy atom. The monoisotopic (exact) mass is 217 g/mol. The Bertz CT molecular complexity index is 425. The summed E-state index contributed by atoms with van der Waals surface area (Å²) in [7, 11) is 0. The molecule has 0 bridgehead atoms. The van der Waals surface area contributed by atoms with E-state index < -0.39 is 6.09 Å². The third-order valence-electron chi connectivity index (χ3n) is 2.24.